The van der Waals surface area contributed by atoms with Crippen molar-refractivity contribution in [2.24, 2.45) is 5.73 Å². The van der Waals surface area contributed by atoms with Gasteiger partial charge in [0.1, 0.15) is 0 Å². The molecule has 0 unspecified atom stereocenters. The summed E-state index contributed by atoms with van der Waals surface area (Å²) in [5.41, 5.74) is 7.19. The highest BCUT2D eigenvalue weighted by atomic mass is 16.5. The van der Waals surface area contributed by atoms with E-state index in [0.29, 0.717) is 12.1 Å². The number of hydrogen-bond donors (Lipinski definition) is 2. The van der Waals surface area contributed by atoms with Gasteiger partial charge in [-0.2, -0.15) is 0 Å². The van der Waals surface area contributed by atoms with Gasteiger partial charge in [-0.25, -0.2) is 0 Å². The standard InChI is InChI=1S/C13H18N2O2/c1-17-11-7-10(8-11)15-12-5-3-2-4-9(12)6-13(14)16/h2-5,10-11,15H,6-8H2,1H3,(H2,14,16). The van der Waals surface area contributed by atoms with Crippen molar-refractivity contribution in [3.63, 3.8) is 0 Å². The molecular weight excluding hydrogens is 216 g/mol. The first kappa shape index (κ1) is 11.9. The van der Waals surface area contributed by atoms with Crippen molar-refractivity contribution in [3.8, 4) is 0 Å². The summed E-state index contributed by atoms with van der Waals surface area (Å²) in [5, 5.41) is 3.43. The Balaban J connectivity index is 1.98. The summed E-state index contributed by atoms with van der Waals surface area (Å²) in [6, 6.07) is 8.23. The molecule has 1 fully saturated rings. The molecule has 0 bridgehead atoms. The number of methoxy groups -OCH3 is 1. The number of hydrogen-bond acceptors (Lipinski definition) is 3. The topological polar surface area (TPSA) is 64.3 Å². The Bertz CT molecular complexity index is 400. The van der Waals surface area contributed by atoms with Gasteiger partial charge >= 0.3 is 0 Å². The molecule has 3 N–H and O–H groups in total. The van der Waals surface area contributed by atoms with Gasteiger partial charge in [-0.1, -0.05) is 18.2 Å². The SMILES string of the molecule is COC1CC(Nc2ccccc2CC(N)=O)C1. The molecule has 0 spiro atoms. The summed E-state index contributed by atoms with van der Waals surface area (Å²) in [6.07, 6.45) is 2.68. The van der Waals surface area contributed by atoms with Crippen molar-refractivity contribution in [2.75, 3.05) is 12.4 Å². The van der Waals surface area contributed by atoms with Gasteiger partial charge in [-0.3, -0.25) is 4.79 Å². The van der Waals surface area contributed by atoms with Crippen molar-refractivity contribution in [1.82, 2.24) is 0 Å². The van der Waals surface area contributed by atoms with Crippen LogP contribution >= 0.6 is 0 Å². The highest BCUT2D eigenvalue weighted by molar-refractivity contribution is 5.78. The highest BCUT2D eigenvalue weighted by Gasteiger charge is 2.29. The van der Waals surface area contributed by atoms with Crippen molar-refractivity contribution >= 4 is 11.6 Å². The maximum atomic E-state index is 11.0. The van der Waals surface area contributed by atoms with E-state index in [-0.39, 0.29) is 12.3 Å². The minimum atomic E-state index is -0.303. The maximum absolute atomic E-state index is 11.0. The van der Waals surface area contributed by atoms with E-state index < -0.39 is 0 Å². The molecule has 2 rings (SSSR count). The lowest BCUT2D eigenvalue weighted by Gasteiger charge is -2.35. The molecule has 92 valence electrons. The van der Waals surface area contributed by atoms with Gasteiger partial charge in [0, 0.05) is 18.8 Å². The summed E-state index contributed by atoms with van der Waals surface area (Å²) in [4.78, 5) is 11.0. The van der Waals surface area contributed by atoms with Crippen LogP contribution in [0.5, 0.6) is 0 Å². The quantitative estimate of drug-likeness (QED) is 0.807. The monoisotopic (exact) mass is 234 g/mol. The Kier molecular flexibility index (Phi) is 3.64. The predicted octanol–water partition coefficient (Wildman–Crippen LogP) is 1.30. The van der Waals surface area contributed by atoms with Crippen LogP contribution in [0.4, 0.5) is 5.69 Å². The van der Waals surface area contributed by atoms with Crippen molar-refractivity contribution in [2.45, 2.75) is 31.4 Å². The average molecular weight is 234 g/mol. The van der Waals surface area contributed by atoms with Gasteiger partial charge in [-0.15, -0.1) is 0 Å². The normalized spacial score (nSPS) is 22.9. The number of rotatable bonds is 5. The molecule has 0 radical (unpaired) electrons. The fourth-order valence-corrected chi connectivity index (χ4v) is 2.10. The van der Waals surface area contributed by atoms with Crippen molar-refractivity contribution in [1.29, 1.82) is 0 Å². The van der Waals surface area contributed by atoms with E-state index in [1.807, 2.05) is 24.3 Å². The lowest BCUT2D eigenvalue weighted by atomic mass is 9.89. The largest absolute Gasteiger partial charge is 0.382 e. The second kappa shape index (κ2) is 5.19. The fraction of sp³-hybridized carbons (Fsp3) is 0.462. The lowest BCUT2D eigenvalue weighted by Crippen LogP contribution is -2.40. The molecule has 4 heteroatoms. The average Bonchev–Trinajstić information content (AvgIpc) is 2.24. The molecule has 0 aliphatic heterocycles. The van der Waals surface area contributed by atoms with Crippen LogP contribution in [0.3, 0.4) is 0 Å². The predicted molar refractivity (Wildman–Crippen MR) is 66.8 cm³/mol. The maximum Gasteiger partial charge on any atom is 0.221 e. The molecular formula is C13H18N2O2. The second-order valence-corrected chi connectivity index (χ2v) is 4.47. The molecule has 1 amide bonds. The zero-order chi connectivity index (χ0) is 12.3. The third kappa shape index (κ3) is 2.97. The summed E-state index contributed by atoms with van der Waals surface area (Å²) in [6.45, 7) is 0. The van der Waals surface area contributed by atoms with E-state index in [1.54, 1.807) is 7.11 Å². The van der Waals surface area contributed by atoms with Crippen LogP contribution in [0.2, 0.25) is 0 Å². The van der Waals surface area contributed by atoms with E-state index in [2.05, 4.69) is 5.32 Å². The molecule has 1 aromatic rings. The van der Waals surface area contributed by atoms with Crippen LogP contribution in [-0.2, 0) is 16.0 Å². The Labute approximate surface area is 101 Å². The first-order chi connectivity index (χ1) is 8.19. The third-order valence-corrected chi connectivity index (χ3v) is 3.17. The molecule has 0 saturated heterocycles. The number of anilines is 1. The molecule has 1 aromatic carbocycles. The summed E-state index contributed by atoms with van der Waals surface area (Å²) < 4.78 is 5.23. The van der Waals surface area contributed by atoms with Crippen LogP contribution in [0.25, 0.3) is 0 Å². The summed E-state index contributed by atoms with van der Waals surface area (Å²) in [5.74, 6) is -0.303. The Morgan fingerprint density at radius 1 is 1.47 bits per heavy atom. The molecule has 0 aromatic heterocycles. The molecule has 1 aliphatic carbocycles. The van der Waals surface area contributed by atoms with Gasteiger partial charge in [0.15, 0.2) is 0 Å². The molecule has 1 aliphatic rings. The number of benzene rings is 1. The van der Waals surface area contributed by atoms with Gasteiger partial charge in [-0.05, 0) is 24.5 Å². The van der Waals surface area contributed by atoms with Gasteiger partial charge in [0.2, 0.25) is 5.91 Å². The first-order valence-corrected chi connectivity index (χ1v) is 5.84. The van der Waals surface area contributed by atoms with Crippen LogP contribution in [0.15, 0.2) is 24.3 Å². The number of carbonyl (C=O) groups excluding carboxylic acids is 1. The summed E-state index contributed by atoms with van der Waals surface area (Å²) >= 11 is 0. The Morgan fingerprint density at radius 2 is 2.18 bits per heavy atom. The minimum Gasteiger partial charge on any atom is -0.382 e. The van der Waals surface area contributed by atoms with Gasteiger partial charge in [0.25, 0.3) is 0 Å². The Hall–Kier alpha value is -1.55. The van der Waals surface area contributed by atoms with Crippen molar-refractivity contribution < 1.29 is 9.53 Å². The molecule has 1 saturated carbocycles. The van der Waals surface area contributed by atoms with Crippen LogP contribution in [0, 0.1) is 0 Å². The number of nitrogens with two attached hydrogens (primary N) is 1. The van der Waals surface area contributed by atoms with E-state index in [0.717, 1.165) is 24.1 Å². The lowest BCUT2D eigenvalue weighted by molar-refractivity contribution is -0.117. The minimum absolute atomic E-state index is 0.281. The van der Waals surface area contributed by atoms with E-state index in [9.17, 15) is 4.79 Å². The fourth-order valence-electron chi connectivity index (χ4n) is 2.10. The van der Waals surface area contributed by atoms with Gasteiger partial charge in [0.05, 0.1) is 12.5 Å². The van der Waals surface area contributed by atoms with E-state index in [4.69, 9.17) is 10.5 Å². The number of nitrogens with one attached hydrogen (secondary N) is 1. The number of primary amides is 1. The van der Waals surface area contributed by atoms with Gasteiger partial charge < -0.3 is 15.8 Å². The summed E-state index contributed by atoms with van der Waals surface area (Å²) in [7, 11) is 1.74. The Morgan fingerprint density at radius 3 is 2.82 bits per heavy atom. The molecule has 4 nitrogen and oxygen atoms in total. The first-order valence-electron chi connectivity index (χ1n) is 5.84. The highest BCUT2D eigenvalue weighted by Crippen LogP contribution is 2.27. The van der Waals surface area contributed by atoms with Crippen LogP contribution in [0.1, 0.15) is 18.4 Å². The second-order valence-electron chi connectivity index (χ2n) is 4.47. The van der Waals surface area contributed by atoms with Crippen molar-refractivity contribution in [3.05, 3.63) is 29.8 Å². The van der Waals surface area contributed by atoms with E-state index in [1.165, 1.54) is 0 Å². The zero-order valence-corrected chi connectivity index (χ0v) is 9.98. The van der Waals surface area contributed by atoms with Crippen LogP contribution in [-0.4, -0.2) is 25.2 Å². The zero-order valence-electron chi connectivity index (χ0n) is 9.98. The number of ether oxygens (including phenoxy) is 1. The van der Waals surface area contributed by atoms with E-state index >= 15 is 0 Å². The number of carbonyl (C=O) groups is 1. The number of para-hydroxylation sites is 1. The smallest absolute Gasteiger partial charge is 0.221 e. The molecule has 0 atom stereocenters. The third-order valence-electron chi connectivity index (χ3n) is 3.17. The molecule has 0 heterocycles. The van der Waals surface area contributed by atoms with Crippen LogP contribution < -0.4 is 11.1 Å². The number of amides is 1. The molecule has 17 heavy (non-hydrogen) atoms.